The van der Waals surface area contributed by atoms with Gasteiger partial charge in [-0.3, -0.25) is 4.79 Å². The molecule has 2 aromatic carbocycles. The third-order valence-corrected chi connectivity index (χ3v) is 4.69. The quantitative estimate of drug-likeness (QED) is 0.732. The molecule has 0 aliphatic heterocycles. The van der Waals surface area contributed by atoms with Gasteiger partial charge in [0.25, 0.3) is 5.91 Å². The summed E-state index contributed by atoms with van der Waals surface area (Å²) in [6, 6.07) is 10.3. The molecule has 0 spiro atoms. The Bertz CT molecular complexity index is 1020. The monoisotopic (exact) mass is 373 g/mol. The van der Waals surface area contributed by atoms with Crippen LogP contribution in [0.5, 0.6) is 0 Å². The maximum atomic E-state index is 14.2. The lowest BCUT2D eigenvalue weighted by molar-refractivity contribution is 0.102. The van der Waals surface area contributed by atoms with E-state index in [1.807, 2.05) is 0 Å². The molecule has 0 unspecified atom stereocenters. The van der Waals surface area contributed by atoms with E-state index in [9.17, 15) is 13.6 Å². The summed E-state index contributed by atoms with van der Waals surface area (Å²) in [5, 5.41) is 6.95. The minimum absolute atomic E-state index is 0.0788. The summed E-state index contributed by atoms with van der Waals surface area (Å²) in [4.78, 5) is 12.7. The summed E-state index contributed by atoms with van der Waals surface area (Å²) in [5.41, 5.74) is 2.60. The molecule has 0 fully saturated rings. The average Bonchev–Trinajstić information content (AvgIpc) is 3.21. The smallest absolute Gasteiger partial charge is 0.276 e. The minimum atomic E-state index is -0.561. The first-order chi connectivity index (χ1) is 12.5. The molecule has 0 bridgehead atoms. The predicted molar refractivity (Wildman–Crippen MR) is 94.9 cm³/mol. The number of hydrogen-bond acceptors (Lipinski definition) is 2. The van der Waals surface area contributed by atoms with Crippen molar-refractivity contribution in [3.63, 3.8) is 0 Å². The van der Waals surface area contributed by atoms with Crippen molar-refractivity contribution in [1.29, 1.82) is 0 Å². The van der Waals surface area contributed by atoms with Crippen LogP contribution in [-0.4, -0.2) is 15.7 Å². The second-order valence-electron chi connectivity index (χ2n) is 6.07. The molecule has 1 aromatic heterocycles. The first-order valence-electron chi connectivity index (χ1n) is 8.16. The molecule has 1 aliphatic carbocycles. The van der Waals surface area contributed by atoms with E-state index in [2.05, 4.69) is 10.4 Å². The number of nitrogens with zero attached hydrogens (tertiary/aromatic N) is 2. The Morgan fingerprint density at radius 1 is 1.12 bits per heavy atom. The second kappa shape index (κ2) is 6.53. The van der Waals surface area contributed by atoms with E-state index in [0.717, 1.165) is 24.1 Å². The van der Waals surface area contributed by atoms with Gasteiger partial charge in [0.05, 0.1) is 5.02 Å². The fourth-order valence-electron chi connectivity index (χ4n) is 3.21. The van der Waals surface area contributed by atoms with Crippen LogP contribution in [0.3, 0.4) is 0 Å². The Balaban J connectivity index is 1.71. The molecule has 7 heteroatoms. The summed E-state index contributed by atoms with van der Waals surface area (Å²) < 4.78 is 28.9. The molecule has 1 amide bonds. The normalized spacial score (nSPS) is 12.9. The van der Waals surface area contributed by atoms with E-state index in [1.165, 1.54) is 28.9 Å². The van der Waals surface area contributed by atoms with Gasteiger partial charge in [0, 0.05) is 16.9 Å². The van der Waals surface area contributed by atoms with Gasteiger partial charge in [-0.1, -0.05) is 23.7 Å². The number of fused-ring (bicyclic) bond motifs is 1. The fraction of sp³-hybridized carbons (Fsp3) is 0.158. The zero-order chi connectivity index (χ0) is 18.3. The lowest BCUT2D eigenvalue weighted by Gasteiger charge is -2.07. The van der Waals surface area contributed by atoms with Crippen molar-refractivity contribution in [2.45, 2.75) is 19.3 Å². The van der Waals surface area contributed by atoms with Crippen LogP contribution in [0, 0.1) is 11.6 Å². The van der Waals surface area contributed by atoms with Gasteiger partial charge >= 0.3 is 0 Å². The van der Waals surface area contributed by atoms with Crippen LogP contribution in [0.2, 0.25) is 5.02 Å². The number of anilines is 1. The Labute approximate surface area is 153 Å². The van der Waals surface area contributed by atoms with Crippen molar-refractivity contribution < 1.29 is 13.6 Å². The number of benzene rings is 2. The number of rotatable bonds is 3. The molecule has 4 rings (SSSR count). The first kappa shape index (κ1) is 16.7. The highest BCUT2D eigenvalue weighted by Gasteiger charge is 2.27. The number of nitrogens with one attached hydrogen (secondary N) is 1. The molecule has 26 heavy (non-hydrogen) atoms. The highest BCUT2D eigenvalue weighted by atomic mass is 35.5. The molecule has 0 radical (unpaired) electrons. The van der Waals surface area contributed by atoms with E-state index >= 15 is 0 Å². The van der Waals surface area contributed by atoms with Crippen molar-refractivity contribution in [2.75, 3.05) is 5.32 Å². The lowest BCUT2D eigenvalue weighted by Crippen LogP contribution is -2.15. The Hall–Kier alpha value is -2.73. The number of amides is 1. The molecule has 3 aromatic rings. The molecular formula is C19H14ClF2N3O. The topological polar surface area (TPSA) is 46.9 Å². The van der Waals surface area contributed by atoms with Gasteiger partial charge in [0.1, 0.15) is 17.3 Å². The molecule has 0 saturated heterocycles. The molecule has 0 saturated carbocycles. The lowest BCUT2D eigenvalue weighted by atomic mass is 10.2. The summed E-state index contributed by atoms with van der Waals surface area (Å²) in [6.07, 6.45) is 2.31. The van der Waals surface area contributed by atoms with Crippen LogP contribution in [0.1, 0.15) is 28.2 Å². The Morgan fingerprint density at radius 3 is 2.69 bits per heavy atom. The standard InChI is InChI=1S/C19H14ClF2N3O/c20-13-10-11(8-9-14(13)21)23-19(26)18-12-4-3-7-16(12)25(24-18)17-6-2-1-5-15(17)22/h1-2,5-6,8-10H,3-4,7H2,(H,23,26). The molecular weight excluding hydrogens is 360 g/mol. The number of para-hydroxylation sites is 1. The Morgan fingerprint density at radius 2 is 1.92 bits per heavy atom. The van der Waals surface area contributed by atoms with Gasteiger partial charge in [-0.25, -0.2) is 13.5 Å². The van der Waals surface area contributed by atoms with E-state index < -0.39 is 17.5 Å². The number of halogens is 3. The van der Waals surface area contributed by atoms with Gasteiger partial charge in [0.2, 0.25) is 0 Å². The summed E-state index contributed by atoms with van der Waals surface area (Å²) in [7, 11) is 0. The molecule has 1 heterocycles. The maximum absolute atomic E-state index is 14.2. The fourth-order valence-corrected chi connectivity index (χ4v) is 3.39. The Kier molecular flexibility index (Phi) is 4.20. The number of hydrogen-bond donors (Lipinski definition) is 1. The van der Waals surface area contributed by atoms with Crippen molar-refractivity contribution in [3.8, 4) is 5.69 Å². The van der Waals surface area contributed by atoms with Crippen molar-refractivity contribution in [3.05, 3.63) is 76.1 Å². The summed E-state index contributed by atoms with van der Waals surface area (Å²) in [6.45, 7) is 0. The molecule has 0 atom stereocenters. The third-order valence-electron chi connectivity index (χ3n) is 4.40. The summed E-state index contributed by atoms with van der Waals surface area (Å²) >= 11 is 5.75. The predicted octanol–water partition coefficient (Wildman–Crippen LogP) is 4.54. The van der Waals surface area contributed by atoms with Crippen LogP contribution in [-0.2, 0) is 12.8 Å². The van der Waals surface area contributed by atoms with E-state index in [4.69, 9.17) is 11.6 Å². The van der Waals surface area contributed by atoms with Gasteiger partial charge < -0.3 is 5.32 Å². The van der Waals surface area contributed by atoms with Crippen molar-refractivity contribution in [1.82, 2.24) is 9.78 Å². The number of carbonyl (C=O) groups is 1. The zero-order valence-electron chi connectivity index (χ0n) is 13.6. The first-order valence-corrected chi connectivity index (χ1v) is 8.54. The SMILES string of the molecule is O=C(Nc1ccc(F)c(Cl)c1)c1nn(-c2ccccc2F)c2c1CCC2. The van der Waals surface area contributed by atoms with Crippen LogP contribution in [0.15, 0.2) is 42.5 Å². The largest absolute Gasteiger partial charge is 0.321 e. The van der Waals surface area contributed by atoms with Gasteiger partial charge in [0.15, 0.2) is 5.69 Å². The van der Waals surface area contributed by atoms with Gasteiger partial charge in [-0.05, 0) is 49.6 Å². The van der Waals surface area contributed by atoms with E-state index in [1.54, 1.807) is 18.2 Å². The highest BCUT2D eigenvalue weighted by molar-refractivity contribution is 6.31. The second-order valence-corrected chi connectivity index (χ2v) is 6.48. The van der Waals surface area contributed by atoms with Crippen LogP contribution in [0.4, 0.5) is 14.5 Å². The number of aromatic nitrogens is 2. The van der Waals surface area contributed by atoms with Gasteiger partial charge in [-0.15, -0.1) is 0 Å². The van der Waals surface area contributed by atoms with Crippen molar-refractivity contribution in [2.24, 2.45) is 0 Å². The molecule has 1 N–H and O–H groups in total. The van der Waals surface area contributed by atoms with E-state index in [0.29, 0.717) is 17.8 Å². The zero-order valence-corrected chi connectivity index (χ0v) is 14.4. The van der Waals surface area contributed by atoms with E-state index in [-0.39, 0.29) is 10.7 Å². The molecule has 4 nitrogen and oxygen atoms in total. The van der Waals surface area contributed by atoms with Gasteiger partial charge in [-0.2, -0.15) is 5.10 Å². The van der Waals surface area contributed by atoms with Crippen LogP contribution in [0.25, 0.3) is 5.69 Å². The van der Waals surface area contributed by atoms with Crippen LogP contribution >= 0.6 is 11.6 Å². The summed E-state index contributed by atoms with van der Waals surface area (Å²) in [5.74, 6) is -1.39. The molecule has 132 valence electrons. The number of carbonyl (C=O) groups excluding carboxylic acids is 1. The maximum Gasteiger partial charge on any atom is 0.276 e. The minimum Gasteiger partial charge on any atom is -0.321 e. The highest BCUT2D eigenvalue weighted by Crippen LogP contribution is 2.29. The van der Waals surface area contributed by atoms with Crippen LogP contribution < -0.4 is 5.32 Å². The third kappa shape index (κ3) is 2.86. The van der Waals surface area contributed by atoms with Crippen molar-refractivity contribution >= 4 is 23.2 Å². The average molecular weight is 374 g/mol. The molecule has 1 aliphatic rings.